The Kier molecular flexibility index (Phi) is 6.65. The van der Waals surface area contributed by atoms with Gasteiger partial charge in [0.2, 0.25) is 11.8 Å². The molecule has 1 aromatic rings. The summed E-state index contributed by atoms with van der Waals surface area (Å²) in [6.45, 7) is 2.42. The molecule has 1 saturated heterocycles. The molecule has 26 heavy (non-hydrogen) atoms. The second kappa shape index (κ2) is 8.73. The van der Waals surface area contributed by atoms with Gasteiger partial charge >= 0.3 is 5.97 Å². The van der Waals surface area contributed by atoms with Crippen molar-refractivity contribution in [1.29, 1.82) is 0 Å². The molecule has 0 saturated carbocycles. The van der Waals surface area contributed by atoms with Gasteiger partial charge in [0.15, 0.2) is 11.6 Å². The summed E-state index contributed by atoms with van der Waals surface area (Å²) in [5.74, 6) is -3.61. The van der Waals surface area contributed by atoms with E-state index in [2.05, 4.69) is 0 Å². The molecule has 8 heteroatoms. The first kappa shape index (κ1) is 19.8. The molecule has 0 aliphatic carbocycles. The Hall–Kier alpha value is -2.51. The smallest absolute Gasteiger partial charge is 0.305 e. The predicted molar refractivity (Wildman–Crippen MR) is 89.0 cm³/mol. The van der Waals surface area contributed by atoms with Crippen LogP contribution in [0.15, 0.2) is 18.2 Å². The molecule has 1 heterocycles. The van der Waals surface area contributed by atoms with Gasteiger partial charge in [-0.3, -0.25) is 14.4 Å². The number of carbonyl (C=O) groups excluding carboxylic acids is 2. The van der Waals surface area contributed by atoms with Crippen LogP contribution in [0.3, 0.4) is 0 Å². The first-order valence-corrected chi connectivity index (χ1v) is 8.48. The zero-order valence-electron chi connectivity index (χ0n) is 14.6. The molecule has 0 aromatic heterocycles. The molecular formula is C18H22F2N2O4. The summed E-state index contributed by atoms with van der Waals surface area (Å²) in [6, 6.07) is 3.36. The number of amides is 2. The lowest BCUT2D eigenvalue weighted by atomic mass is 9.95. The second-order valence-corrected chi connectivity index (χ2v) is 6.43. The lowest BCUT2D eigenvalue weighted by molar-refractivity contribution is -0.142. The molecule has 1 fully saturated rings. The highest BCUT2D eigenvalue weighted by molar-refractivity contribution is 5.80. The van der Waals surface area contributed by atoms with Gasteiger partial charge in [-0.15, -0.1) is 0 Å². The number of hydrogen-bond donors (Lipinski definition) is 1. The fourth-order valence-electron chi connectivity index (χ4n) is 3.06. The van der Waals surface area contributed by atoms with Crippen molar-refractivity contribution in [2.24, 2.45) is 5.92 Å². The van der Waals surface area contributed by atoms with Crippen molar-refractivity contribution in [2.75, 3.05) is 19.6 Å². The van der Waals surface area contributed by atoms with Crippen LogP contribution in [0.4, 0.5) is 8.78 Å². The van der Waals surface area contributed by atoms with Crippen LogP contribution in [-0.2, 0) is 20.9 Å². The third kappa shape index (κ3) is 5.24. The molecule has 142 valence electrons. The Morgan fingerprint density at radius 3 is 2.38 bits per heavy atom. The highest BCUT2D eigenvalue weighted by Gasteiger charge is 2.29. The standard InChI is InChI=1S/C18H22F2N2O4/c1-12(23)21-7-4-14(5-8-21)18(26)22(9-6-17(24)25)11-13-2-3-15(19)16(20)10-13/h2-3,10,14H,4-9,11H2,1H3,(H,24,25). The summed E-state index contributed by atoms with van der Waals surface area (Å²) in [5, 5.41) is 8.91. The van der Waals surface area contributed by atoms with Crippen molar-refractivity contribution in [2.45, 2.75) is 32.7 Å². The minimum Gasteiger partial charge on any atom is -0.481 e. The van der Waals surface area contributed by atoms with Crippen LogP contribution in [-0.4, -0.2) is 52.3 Å². The van der Waals surface area contributed by atoms with Crippen LogP contribution in [0.1, 0.15) is 31.7 Å². The highest BCUT2D eigenvalue weighted by atomic mass is 19.2. The van der Waals surface area contributed by atoms with Gasteiger partial charge in [0.1, 0.15) is 0 Å². The second-order valence-electron chi connectivity index (χ2n) is 6.43. The van der Waals surface area contributed by atoms with E-state index in [1.54, 1.807) is 4.90 Å². The number of aliphatic carboxylic acids is 1. The summed E-state index contributed by atoms with van der Waals surface area (Å²) >= 11 is 0. The van der Waals surface area contributed by atoms with Crippen molar-refractivity contribution in [3.63, 3.8) is 0 Å². The Morgan fingerprint density at radius 2 is 1.85 bits per heavy atom. The number of benzene rings is 1. The number of hydrogen-bond acceptors (Lipinski definition) is 3. The van der Waals surface area contributed by atoms with Crippen molar-refractivity contribution >= 4 is 17.8 Å². The Morgan fingerprint density at radius 1 is 1.19 bits per heavy atom. The van der Waals surface area contributed by atoms with E-state index in [9.17, 15) is 23.2 Å². The third-order valence-corrected chi connectivity index (χ3v) is 4.55. The fourth-order valence-corrected chi connectivity index (χ4v) is 3.06. The number of carboxylic acids is 1. The molecule has 1 aliphatic rings. The Bertz CT molecular complexity index is 688. The average Bonchev–Trinajstić information content (AvgIpc) is 2.61. The third-order valence-electron chi connectivity index (χ3n) is 4.55. The SMILES string of the molecule is CC(=O)N1CCC(C(=O)N(CCC(=O)O)Cc2ccc(F)c(F)c2)CC1. The molecule has 6 nitrogen and oxygen atoms in total. The molecule has 0 spiro atoms. The van der Waals surface area contributed by atoms with Crippen LogP contribution in [0.5, 0.6) is 0 Å². The topological polar surface area (TPSA) is 77.9 Å². The van der Waals surface area contributed by atoms with E-state index in [0.717, 1.165) is 12.1 Å². The summed E-state index contributed by atoms with van der Waals surface area (Å²) in [7, 11) is 0. The van der Waals surface area contributed by atoms with E-state index in [-0.39, 0.29) is 37.2 Å². The first-order chi connectivity index (χ1) is 12.3. The maximum atomic E-state index is 13.4. The van der Waals surface area contributed by atoms with E-state index >= 15 is 0 Å². The summed E-state index contributed by atoms with van der Waals surface area (Å²) < 4.78 is 26.5. The molecular weight excluding hydrogens is 346 g/mol. The predicted octanol–water partition coefficient (Wildman–Crippen LogP) is 2.03. The van der Waals surface area contributed by atoms with Gasteiger partial charge in [0.05, 0.1) is 6.42 Å². The number of likely N-dealkylation sites (tertiary alicyclic amines) is 1. The van der Waals surface area contributed by atoms with Crippen LogP contribution < -0.4 is 0 Å². The van der Waals surface area contributed by atoms with E-state index in [1.807, 2.05) is 0 Å². The molecule has 2 rings (SSSR count). The number of carbonyl (C=O) groups is 3. The molecule has 0 bridgehead atoms. The van der Waals surface area contributed by atoms with Gasteiger partial charge in [-0.25, -0.2) is 8.78 Å². The van der Waals surface area contributed by atoms with E-state index in [4.69, 9.17) is 5.11 Å². The average molecular weight is 368 g/mol. The van der Waals surface area contributed by atoms with E-state index < -0.39 is 17.6 Å². The molecule has 0 radical (unpaired) electrons. The summed E-state index contributed by atoms with van der Waals surface area (Å²) in [4.78, 5) is 38.1. The fraction of sp³-hybridized carbons (Fsp3) is 0.500. The number of piperidine rings is 1. The largest absolute Gasteiger partial charge is 0.481 e. The maximum Gasteiger partial charge on any atom is 0.305 e. The first-order valence-electron chi connectivity index (χ1n) is 8.48. The summed E-state index contributed by atoms with van der Waals surface area (Å²) in [5.41, 5.74) is 0.392. The number of carboxylic acid groups (broad SMARTS) is 1. The lowest BCUT2D eigenvalue weighted by Crippen LogP contribution is -2.44. The molecule has 0 unspecified atom stereocenters. The van der Waals surface area contributed by atoms with Crippen LogP contribution in [0.2, 0.25) is 0 Å². The number of nitrogens with zero attached hydrogens (tertiary/aromatic N) is 2. The number of rotatable bonds is 6. The minimum absolute atomic E-state index is 0.0102. The molecule has 1 aromatic carbocycles. The molecule has 0 atom stereocenters. The van der Waals surface area contributed by atoms with Crippen molar-refractivity contribution in [3.8, 4) is 0 Å². The van der Waals surface area contributed by atoms with E-state index in [0.29, 0.717) is 31.5 Å². The van der Waals surface area contributed by atoms with Gasteiger partial charge < -0.3 is 14.9 Å². The monoisotopic (exact) mass is 368 g/mol. The molecule has 1 aliphatic heterocycles. The van der Waals surface area contributed by atoms with Crippen molar-refractivity contribution < 1.29 is 28.3 Å². The highest BCUT2D eigenvalue weighted by Crippen LogP contribution is 2.21. The maximum absolute atomic E-state index is 13.4. The van der Waals surface area contributed by atoms with Gasteiger partial charge in [-0.1, -0.05) is 6.07 Å². The van der Waals surface area contributed by atoms with Crippen molar-refractivity contribution in [3.05, 3.63) is 35.4 Å². The van der Waals surface area contributed by atoms with Crippen molar-refractivity contribution in [1.82, 2.24) is 9.80 Å². The van der Waals surface area contributed by atoms with Gasteiger partial charge in [0.25, 0.3) is 0 Å². The van der Waals surface area contributed by atoms with Gasteiger partial charge in [-0.05, 0) is 30.5 Å². The minimum atomic E-state index is -1.04. The van der Waals surface area contributed by atoms with E-state index in [1.165, 1.54) is 17.9 Å². The Balaban J connectivity index is 2.07. The van der Waals surface area contributed by atoms with Gasteiger partial charge in [-0.2, -0.15) is 0 Å². The Labute approximate surface area is 150 Å². The summed E-state index contributed by atoms with van der Waals surface area (Å²) in [6.07, 6.45) is 0.765. The molecule has 1 N–H and O–H groups in total. The molecule has 2 amide bonds. The van der Waals surface area contributed by atoms with Crippen LogP contribution in [0, 0.1) is 17.6 Å². The van der Waals surface area contributed by atoms with Gasteiger partial charge in [0, 0.05) is 39.0 Å². The van der Waals surface area contributed by atoms with Crippen LogP contribution in [0.25, 0.3) is 0 Å². The van der Waals surface area contributed by atoms with Crippen LogP contribution >= 0.6 is 0 Å². The quantitative estimate of drug-likeness (QED) is 0.833. The zero-order valence-corrected chi connectivity index (χ0v) is 14.6. The zero-order chi connectivity index (χ0) is 19.3. The lowest BCUT2D eigenvalue weighted by Gasteiger charge is -2.33. The number of halogens is 2. The normalized spacial score (nSPS) is 15.0.